The summed E-state index contributed by atoms with van der Waals surface area (Å²) >= 11 is 3.13. The molecule has 0 radical (unpaired) electrons. The molecular formula is C17H15BrN2O2. The SMILES string of the molecule is O=C(CBr)NCCc1cccc2ccc3c(=O)[nH]ccc3c12. The molecule has 0 aliphatic heterocycles. The molecule has 2 N–H and O–H groups in total. The number of carbonyl (C=O) groups is 1. The van der Waals surface area contributed by atoms with E-state index in [9.17, 15) is 9.59 Å². The number of rotatable bonds is 4. The Balaban J connectivity index is 2.08. The third kappa shape index (κ3) is 2.76. The van der Waals surface area contributed by atoms with E-state index in [-0.39, 0.29) is 11.5 Å². The predicted molar refractivity (Wildman–Crippen MR) is 92.6 cm³/mol. The topological polar surface area (TPSA) is 62.0 Å². The number of H-pyrrole nitrogens is 1. The monoisotopic (exact) mass is 358 g/mol. The maximum Gasteiger partial charge on any atom is 0.255 e. The molecule has 5 heteroatoms. The van der Waals surface area contributed by atoms with E-state index >= 15 is 0 Å². The first-order valence-electron chi connectivity index (χ1n) is 7.05. The predicted octanol–water partition coefficient (Wildman–Crippen LogP) is 2.73. The Labute approximate surface area is 135 Å². The molecule has 2 aromatic carbocycles. The van der Waals surface area contributed by atoms with Crippen molar-refractivity contribution in [3.63, 3.8) is 0 Å². The highest BCUT2D eigenvalue weighted by Gasteiger charge is 2.08. The minimum absolute atomic E-state index is 0.0264. The minimum Gasteiger partial charge on any atom is -0.355 e. The fourth-order valence-electron chi connectivity index (χ4n) is 2.73. The molecular weight excluding hydrogens is 344 g/mol. The Hall–Kier alpha value is -2.14. The number of alkyl halides is 1. The van der Waals surface area contributed by atoms with Crippen molar-refractivity contribution in [1.29, 1.82) is 0 Å². The quantitative estimate of drug-likeness (QED) is 0.556. The smallest absolute Gasteiger partial charge is 0.255 e. The molecule has 1 aromatic heterocycles. The minimum atomic E-state index is -0.0817. The third-order valence-electron chi connectivity index (χ3n) is 3.72. The Kier molecular flexibility index (Phi) is 4.24. The number of benzene rings is 2. The van der Waals surface area contributed by atoms with E-state index < -0.39 is 0 Å². The second kappa shape index (κ2) is 6.32. The highest BCUT2D eigenvalue weighted by atomic mass is 79.9. The van der Waals surface area contributed by atoms with Crippen molar-refractivity contribution < 1.29 is 4.79 Å². The Bertz CT molecular complexity index is 902. The summed E-state index contributed by atoms with van der Waals surface area (Å²) in [6.45, 7) is 0.573. The fraction of sp³-hybridized carbons (Fsp3) is 0.176. The first kappa shape index (κ1) is 14.8. The van der Waals surface area contributed by atoms with E-state index in [0.717, 1.165) is 28.1 Å². The van der Waals surface area contributed by atoms with Gasteiger partial charge in [-0.25, -0.2) is 0 Å². The van der Waals surface area contributed by atoms with Crippen LogP contribution in [0.4, 0.5) is 0 Å². The number of pyridine rings is 1. The molecule has 3 rings (SSSR count). The summed E-state index contributed by atoms with van der Waals surface area (Å²) in [5, 5.41) is 6.97. The van der Waals surface area contributed by atoms with Crippen molar-refractivity contribution >= 4 is 43.4 Å². The summed E-state index contributed by atoms with van der Waals surface area (Å²) in [6.07, 6.45) is 2.40. The molecule has 22 heavy (non-hydrogen) atoms. The molecule has 0 aliphatic carbocycles. The van der Waals surface area contributed by atoms with E-state index in [1.54, 1.807) is 6.20 Å². The number of aromatic amines is 1. The van der Waals surface area contributed by atoms with Crippen LogP contribution in [0.25, 0.3) is 21.5 Å². The standard InChI is InChI=1S/C17H15BrN2O2/c18-10-15(21)19-8-6-12-3-1-2-11-4-5-14-13(16(11)12)7-9-20-17(14)22/h1-5,7,9H,6,8,10H2,(H,19,21)(H,20,22). The van der Waals surface area contributed by atoms with Gasteiger partial charge in [0.1, 0.15) is 0 Å². The molecule has 4 nitrogen and oxygen atoms in total. The number of fused-ring (bicyclic) bond motifs is 3. The lowest BCUT2D eigenvalue weighted by atomic mass is 9.97. The van der Waals surface area contributed by atoms with Crippen molar-refractivity contribution in [1.82, 2.24) is 10.3 Å². The highest BCUT2D eigenvalue weighted by Crippen LogP contribution is 2.26. The highest BCUT2D eigenvalue weighted by molar-refractivity contribution is 9.09. The van der Waals surface area contributed by atoms with Gasteiger partial charge in [0, 0.05) is 18.1 Å². The van der Waals surface area contributed by atoms with Crippen molar-refractivity contribution in [3.05, 3.63) is 58.5 Å². The number of halogens is 1. The average molecular weight is 359 g/mol. The van der Waals surface area contributed by atoms with Crippen LogP contribution in [-0.4, -0.2) is 22.8 Å². The first-order valence-corrected chi connectivity index (χ1v) is 8.17. The van der Waals surface area contributed by atoms with Crippen LogP contribution >= 0.6 is 15.9 Å². The summed E-state index contributed by atoms with van der Waals surface area (Å²) in [7, 11) is 0. The molecule has 1 amide bonds. The summed E-state index contributed by atoms with van der Waals surface area (Å²) in [6, 6.07) is 11.8. The van der Waals surface area contributed by atoms with Crippen LogP contribution in [-0.2, 0) is 11.2 Å². The lowest BCUT2D eigenvalue weighted by Crippen LogP contribution is -2.26. The Morgan fingerprint density at radius 1 is 1.14 bits per heavy atom. The van der Waals surface area contributed by atoms with Crippen molar-refractivity contribution in [2.75, 3.05) is 11.9 Å². The average Bonchev–Trinajstić information content (AvgIpc) is 2.54. The van der Waals surface area contributed by atoms with Crippen molar-refractivity contribution in [3.8, 4) is 0 Å². The second-order valence-corrected chi connectivity index (χ2v) is 5.64. The molecule has 1 heterocycles. The zero-order valence-electron chi connectivity index (χ0n) is 11.9. The van der Waals surface area contributed by atoms with Crippen LogP contribution in [0, 0.1) is 0 Å². The van der Waals surface area contributed by atoms with Gasteiger partial charge in [-0.1, -0.05) is 40.2 Å². The van der Waals surface area contributed by atoms with Gasteiger partial charge in [-0.15, -0.1) is 0 Å². The third-order valence-corrected chi connectivity index (χ3v) is 4.23. The number of carbonyl (C=O) groups excluding carboxylic acids is 1. The van der Waals surface area contributed by atoms with Gasteiger partial charge in [0.2, 0.25) is 5.91 Å². The van der Waals surface area contributed by atoms with Crippen LogP contribution in [0.2, 0.25) is 0 Å². The van der Waals surface area contributed by atoms with Gasteiger partial charge < -0.3 is 10.3 Å². The molecule has 0 aliphatic rings. The zero-order valence-corrected chi connectivity index (χ0v) is 13.4. The van der Waals surface area contributed by atoms with Crippen LogP contribution in [0.5, 0.6) is 0 Å². The normalized spacial score (nSPS) is 11.0. The molecule has 0 fully saturated rings. The number of hydrogen-bond acceptors (Lipinski definition) is 2. The van der Waals surface area contributed by atoms with Gasteiger partial charge in [0.05, 0.1) is 5.33 Å². The fourth-order valence-corrected chi connectivity index (χ4v) is 2.92. The lowest BCUT2D eigenvalue weighted by Gasteiger charge is -2.10. The van der Waals surface area contributed by atoms with E-state index in [1.807, 2.05) is 36.4 Å². The molecule has 0 bridgehead atoms. The lowest BCUT2D eigenvalue weighted by molar-refractivity contribution is -0.118. The molecule has 0 unspecified atom stereocenters. The number of nitrogens with one attached hydrogen (secondary N) is 2. The van der Waals surface area contributed by atoms with Crippen LogP contribution in [0.15, 0.2) is 47.4 Å². The number of hydrogen-bond donors (Lipinski definition) is 2. The molecule has 112 valence electrons. The molecule has 0 saturated heterocycles. The molecule has 3 aromatic rings. The summed E-state index contributed by atoms with van der Waals surface area (Å²) < 4.78 is 0. The maximum atomic E-state index is 12.0. The van der Waals surface area contributed by atoms with E-state index in [0.29, 0.717) is 17.3 Å². The van der Waals surface area contributed by atoms with E-state index in [1.165, 1.54) is 0 Å². The number of amides is 1. The van der Waals surface area contributed by atoms with Gasteiger partial charge in [0.15, 0.2) is 0 Å². The maximum absolute atomic E-state index is 12.0. The van der Waals surface area contributed by atoms with Crippen LogP contribution < -0.4 is 10.9 Å². The zero-order chi connectivity index (χ0) is 15.5. The van der Waals surface area contributed by atoms with E-state index in [2.05, 4.69) is 26.2 Å². The van der Waals surface area contributed by atoms with Gasteiger partial charge in [-0.05, 0) is 40.3 Å². The van der Waals surface area contributed by atoms with Gasteiger partial charge in [-0.3, -0.25) is 9.59 Å². The van der Waals surface area contributed by atoms with Crippen molar-refractivity contribution in [2.24, 2.45) is 0 Å². The number of aromatic nitrogens is 1. The van der Waals surface area contributed by atoms with Crippen LogP contribution in [0.1, 0.15) is 5.56 Å². The summed E-state index contributed by atoms with van der Waals surface area (Å²) in [4.78, 5) is 26.0. The molecule has 0 saturated carbocycles. The van der Waals surface area contributed by atoms with Gasteiger partial charge in [0.25, 0.3) is 5.56 Å². The molecule has 0 spiro atoms. The van der Waals surface area contributed by atoms with Crippen LogP contribution in [0.3, 0.4) is 0 Å². The summed E-state index contributed by atoms with van der Waals surface area (Å²) in [5.41, 5.74) is 1.05. The Morgan fingerprint density at radius 2 is 2.00 bits per heavy atom. The van der Waals surface area contributed by atoms with E-state index in [4.69, 9.17) is 0 Å². The Morgan fingerprint density at radius 3 is 2.82 bits per heavy atom. The van der Waals surface area contributed by atoms with Gasteiger partial charge >= 0.3 is 0 Å². The van der Waals surface area contributed by atoms with Gasteiger partial charge in [-0.2, -0.15) is 0 Å². The summed E-state index contributed by atoms with van der Waals surface area (Å²) in [5.74, 6) is -0.0264. The second-order valence-electron chi connectivity index (χ2n) is 5.08. The largest absolute Gasteiger partial charge is 0.355 e. The molecule has 0 atom stereocenters. The van der Waals surface area contributed by atoms with Crippen molar-refractivity contribution in [2.45, 2.75) is 6.42 Å². The first-order chi connectivity index (χ1) is 10.7.